The zero-order valence-corrected chi connectivity index (χ0v) is 8.64. The van der Waals surface area contributed by atoms with E-state index >= 15 is 0 Å². The van der Waals surface area contributed by atoms with Crippen LogP contribution in [0.5, 0.6) is 5.75 Å². The van der Waals surface area contributed by atoms with Crippen LogP contribution in [0.4, 0.5) is 0 Å². The molecule has 1 heterocycles. The summed E-state index contributed by atoms with van der Waals surface area (Å²) in [6, 6.07) is 2.30. The van der Waals surface area contributed by atoms with Crippen molar-refractivity contribution < 1.29 is 4.74 Å². The lowest BCUT2D eigenvalue weighted by atomic mass is 9.79. The number of rotatable bonds is 3. The van der Waals surface area contributed by atoms with Gasteiger partial charge in [0.15, 0.2) is 0 Å². The van der Waals surface area contributed by atoms with Crippen LogP contribution in [0, 0.1) is 5.92 Å². The van der Waals surface area contributed by atoms with Gasteiger partial charge in [-0.1, -0.05) is 6.42 Å². The molecule has 0 spiro atoms. The maximum Gasteiger partial charge on any atom is 0.129 e. The average Bonchev–Trinajstić information content (AvgIpc) is 2.48. The van der Waals surface area contributed by atoms with E-state index in [4.69, 9.17) is 10.5 Å². The van der Waals surface area contributed by atoms with Crippen LogP contribution >= 0.6 is 11.3 Å². The summed E-state index contributed by atoms with van der Waals surface area (Å²) in [5, 5.41) is 2.02. The lowest BCUT2D eigenvalue weighted by Crippen LogP contribution is -2.25. The molecule has 1 aliphatic carbocycles. The van der Waals surface area contributed by atoms with E-state index in [1.165, 1.54) is 24.1 Å². The van der Waals surface area contributed by atoms with Gasteiger partial charge in [0.05, 0.1) is 7.11 Å². The highest BCUT2D eigenvalue weighted by atomic mass is 32.1. The lowest BCUT2D eigenvalue weighted by Gasteiger charge is -2.30. The van der Waals surface area contributed by atoms with Crippen molar-refractivity contribution in [3.63, 3.8) is 0 Å². The maximum atomic E-state index is 6.12. The van der Waals surface area contributed by atoms with Crippen molar-refractivity contribution in [2.24, 2.45) is 11.7 Å². The molecule has 0 aromatic carbocycles. The van der Waals surface area contributed by atoms with E-state index in [9.17, 15) is 0 Å². The molecule has 1 saturated carbocycles. The van der Waals surface area contributed by atoms with Gasteiger partial charge >= 0.3 is 0 Å². The quantitative estimate of drug-likeness (QED) is 0.808. The van der Waals surface area contributed by atoms with E-state index in [1.54, 1.807) is 18.4 Å². The van der Waals surface area contributed by atoms with E-state index in [0.29, 0.717) is 5.92 Å². The Hall–Kier alpha value is -0.540. The second-order valence-electron chi connectivity index (χ2n) is 3.61. The van der Waals surface area contributed by atoms with Crippen molar-refractivity contribution in [3.8, 4) is 5.75 Å². The highest BCUT2D eigenvalue weighted by Crippen LogP contribution is 2.39. The van der Waals surface area contributed by atoms with Gasteiger partial charge in [-0.05, 0) is 24.8 Å². The zero-order valence-electron chi connectivity index (χ0n) is 7.82. The van der Waals surface area contributed by atoms with Crippen LogP contribution in [0.1, 0.15) is 30.2 Å². The van der Waals surface area contributed by atoms with Crippen molar-refractivity contribution in [1.82, 2.24) is 0 Å². The third kappa shape index (κ3) is 1.71. The van der Waals surface area contributed by atoms with E-state index in [0.717, 1.165) is 5.75 Å². The van der Waals surface area contributed by atoms with Crippen LogP contribution in [0.2, 0.25) is 0 Å². The van der Waals surface area contributed by atoms with Crippen molar-refractivity contribution in [3.05, 3.63) is 16.3 Å². The Morgan fingerprint density at radius 1 is 1.62 bits per heavy atom. The summed E-state index contributed by atoms with van der Waals surface area (Å²) in [6.07, 6.45) is 3.93. The minimum Gasteiger partial charge on any atom is -0.496 e. The molecule has 2 N–H and O–H groups in total. The summed E-state index contributed by atoms with van der Waals surface area (Å²) in [7, 11) is 1.70. The van der Waals surface area contributed by atoms with Gasteiger partial charge < -0.3 is 10.5 Å². The van der Waals surface area contributed by atoms with Crippen molar-refractivity contribution in [1.29, 1.82) is 0 Å². The number of methoxy groups -OCH3 is 1. The Morgan fingerprint density at radius 2 is 2.38 bits per heavy atom. The average molecular weight is 197 g/mol. The molecule has 0 saturated heterocycles. The Labute approximate surface area is 82.7 Å². The Bertz CT molecular complexity index is 280. The second-order valence-corrected chi connectivity index (χ2v) is 4.55. The summed E-state index contributed by atoms with van der Waals surface area (Å²) in [5.41, 5.74) is 6.12. The third-order valence-corrected chi connectivity index (χ3v) is 3.83. The molecule has 1 unspecified atom stereocenters. The molecule has 0 aliphatic heterocycles. The van der Waals surface area contributed by atoms with Crippen molar-refractivity contribution >= 4 is 11.3 Å². The Morgan fingerprint density at radius 3 is 2.85 bits per heavy atom. The molecule has 0 amide bonds. The summed E-state index contributed by atoms with van der Waals surface area (Å²) < 4.78 is 5.13. The zero-order chi connectivity index (χ0) is 9.26. The highest BCUT2D eigenvalue weighted by molar-refractivity contribution is 7.10. The topological polar surface area (TPSA) is 35.2 Å². The van der Waals surface area contributed by atoms with Gasteiger partial charge in [0.2, 0.25) is 0 Å². The van der Waals surface area contributed by atoms with E-state index in [-0.39, 0.29) is 6.04 Å². The van der Waals surface area contributed by atoms with Gasteiger partial charge in [0.25, 0.3) is 0 Å². The normalized spacial score (nSPS) is 19.5. The van der Waals surface area contributed by atoms with Crippen LogP contribution in [0.15, 0.2) is 11.4 Å². The third-order valence-electron chi connectivity index (χ3n) is 2.82. The van der Waals surface area contributed by atoms with Gasteiger partial charge in [0, 0.05) is 16.3 Å². The molecule has 0 bridgehead atoms. The molecular formula is C10H15NOS. The monoisotopic (exact) mass is 197 g/mol. The molecule has 13 heavy (non-hydrogen) atoms. The number of nitrogens with two attached hydrogens (primary N) is 1. The highest BCUT2D eigenvalue weighted by Gasteiger charge is 2.26. The van der Waals surface area contributed by atoms with Gasteiger partial charge in [-0.25, -0.2) is 0 Å². The first-order valence-corrected chi connectivity index (χ1v) is 5.57. The lowest BCUT2D eigenvalue weighted by molar-refractivity contribution is 0.266. The first-order valence-electron chi connectivity index (χ1n) is 4.69. The molecule has 3 heteroatoms. The molecule has 1 aromatic heterocycles. The van der Waals surface area contributed by atoms with Gasteiger partial charge in [-0.15, -0.1) is 11.3 Å². The van der Waals surface area contributed by atoms with Gasteiger partial charge in [0.1, 0.15) is 5.75 Å². The maximum absolute atomic E-state index is 6.12. The number of hydrogen-bond acceptors (Lipinski definition) is 3. The molecule has 1 aromatic rings. The molecule has 1 aliphatic rings. The van der Waals surface area contributed by atoms with Crippen molar-refractivity contribution in [2.45, 2.75) is 25.3 Å². The molecule has 2 rings (SSSR count). The Balaban J connectivity index is 2.05. The first-order chi connectivity index (χ1) is 6.31. The molecule has 1 atom stereocenters. The molecule has 72 valence electrons. The van der Waals surface area contributed by atoms with E-state index < -0.39 is 0 Å². The minimum absolute atomic E-state index is 0.239. The van der Waals surface area contributed by atoms with Crippen molar-refractivity contribution in [2.75, 3.05) is 7.11 Å². The number of thiophene rings is 1. The molecule has 2 nitrogen and oxygen atoms in total. The summed E-state index contributed by atoms with van der Waals surface area (Å²) in [5.74, 6) is 1.65. The summed E-state index contributed by atoms with van der Waals surface area (Å²) >= 11 is 1.71. The van der Waals surface area contributed by atoms with Crippen LogP contribution in [-0.2, 0) is 0 Å². The molecule has 1 fully saturated rings. The second kappa shape index (κ2) is 3.68. The standard InChI is InChI=1S/C10H15NOS/c1-12-8-5-9(13-6-8)10(11)7-3-2-4-7/h5-7,10H,2-4,11H2,1H3. The van der Waals surface area contributed by atoms with Crippen LogP contribution in [-0.4, -0.2) is 7.11 Å². The fraction of sp³-hybridized carbons (Fsp3) is 0.600. The van der Waals surface area contributed by atoms with E-state index in [1.807, 2.05) is 5.38 Å². The molecular weight excluding hydrogens is 182 g/mol. The van der Waals surface area contributed by atoms with Crippen LogP contribution in [0.25, 0.3) is 0 Å². The SMILES string of the molecule is COc1csc(C(N)C2CCC2)c1. The van der Waals surface area contributed by atoms with E-state index in [2.05, 4.69) is 6.07 Å². The molecule has 0 radical (unpaired) electrons. The Kier molecular flexibility index (Phi) is 2.56. The summed E-state index contributed by atoms with van der Waals surface area (Å²) in [4.78, 5) is 1.27. The van der Waals surface area contributed by atoms with Gasteiger partial charge in [-0.2, -0.15) is 0 Å². The number of ether oxygens (including phenoxy) is 1. The van der Waals surface area contributed by atoms with Crippen LogP contribution < -0.4 is 10.5 Å². The fourth-order valence-corrected chi connectivity index (χ4v) is 2.60. The smallest absolute Gasteiger partial charge is 0.129 e. The number of hydrogen-bond donors (Lipinski definition) is 1. The van der Waals surface area contributed by atoms with Crippen LogP contribution in [0.3, 0.4) is 0 Å². The largest absolute Gasteiger partial charge is 0.496 e. The first kappa shape index (κ1) is 9.03. The summed E-state index contributed by atoms with van der Waals surface area (Å²) in [6.45, 7) is 0. The minimum atomic E-state index is 0.239. The van der Waals surface area contributed by atoms with Gasteiger partial charge in [-0.3, -0.25) is 0 Å². The predicted octanol–water partition coefficient (Wildman–Crippen LogP) is 2.56. The fourth-order valence-electron chi connectivity index (χ4n) is 1.65. The predicted molar refractivity (Wildman–Crippen MR) is 55.1 cm³/mol.